The van der Waals surface area contributed by atoms with Gasteiger partial charge in [-0.2, -0.15) is 0 Å². The van der Waals surface area contributed by atoms with Gasteiger partial charge in [0.2, 0.25) is 11.8 Å². The zero-order valence-corrected chi connectivity index (χ0v) is 20.3. The first-order valence-corrected chi connectivity index (χ1v) is 12.3. The molecule has 36 heavy (non-hydrogen) atoms. The van der Waals surface area contributed by atoms with Crippen LogP contribution in [0.4, 0.5) is 5.69 Å². The summed E-state index contributed by atoms with van der Waals surface area (Å²) in [4.78, 5) is 40.2. The van der Waals surface area contributed by atoms with E-state index in [-0.39, 0.29) is 24.3 Å². The predicted octanol–water partition coefficient (Wildman–Crippen LogP) is 3.49. The molecule has 3 aromatic rings. The van der Waals surface area contributed by atoms with Crippen molar-refractivity contribution in [2.45, 2.75) is 38.3 Å². The molecule has 4 rings (SSSR count). The molecule has 0 aromatic heterocycles. The fourth-order valence-corrected chi connectivity index (χ4v) is 4.39. The van der Waals surface area contributed by atoms with E-state index in [9.17, 15) is 14.4 Å². The minimum atomic E-state index is -0.655. The molecule has 4 N–H and O–H groups in total. The number of hydrogen-bond acceptors (Lipinski definition) is 4. The summed E-state index contributed by atoms with van der Waals surface area (Å²) in [5.74, 6) is -0.796. The predicted molar refractivity (Wildman–Crippen MR) is 140 cm³/mol. The number of benzene rings is 3. The fraction of sp³-hybridized carbons (Fsp3) is 0.276. The van der Waals surface area contributed by atoms with Gasteiger partial charge in [0.25, 0.3) is 5.91 Å². The number of amides is 3. The highest BCUT2D eigenvalue weighted by atomic mass is 16.2. The SMILES string of the molecule is NCc1cccc(NC(=O)CN2CCCCC(NC(=O)c3ccc(Cc4ccccc4)cc3)C2=O)c1. The quantitative estimate of drug-likeness (QED) is 0.455. The van der Waals surface area contributed by atoms with E-state index in [1.54, 1.807) is 18.2 Å². The van der Waals surface area contributed by atoms with Gasteiger partial charge in [-0.1, -0.05) is 54.6 Å². The van der Waals surface area contributed by atoms with Crippen LogP contribution < -0.4 is 16.4 Å². The summed E-state index contributed by atoms with van der Waals surface area (Å²) in [6, 6.07) is 24.3. The smallest absolute Gasteiger partial charge is 0.251 e. The summed E-state index contributed by atoms with van der Waals surface area (Å²) in [6.45, 7) is 0.799. The molecule has 1 atom stereocenters. The number of nitrogens with one attached hydrogen (secondary N) is 2. The maximum atomic E-state index is 13.2. The van der Waals surface area contributed by atoms with Crippen molar-refractivity contribution >= 4 is 23.4 Å². The third-order valence-electron chi connectivity index (χ3n) is 6.33. The van der Waals surface area contributed by atoms with Crippen LogP contribution >= 0.6 is 0 Å². The standard InChI is InChI=1S/C29H32N4O3/c30-19-23-9-6-10-25(18-23)31-27(34)20-33-16-5-4-11-26(29(33)36)32-28(35)24-14-12-22(13-15-24)17-21-7-2-1-3-8-21/h1-3,6-10,12-15,18,26H,4-5,11,16-17,19-20,30H2,(H,31,34)(H,32,35). The molecule has 1 unspecified atom stereocenters. The first kappa shape index (κ1) is 25.1. The van der Waals surface area contributed by atoms with Gasteiger partial charge in [-0.15, -0.1) is 0 Å². The van der Waals surface area contributed by atoms with Crippen LogP contribution in [0.25, 0.3) is 0 Å². The maximum Gasteiger partial charge on any atom is 0.251 e. The molecule has 1 fully saturated rings. The molecule has 7 heteroatoms. The fourth-order valence-electron chi connectivity index (χ4n) is 4.39. The van der Waals surface area contributed by atoms with Crippen LogP contribution in [0.1, 0.15) is 46.3 Å². The average molecular weight is 485 g/mol. The highest BCUT2D eigenvalue weighted by Gasteiger charge is 2.29. The minimum absolute atomic E-state index is 0.0633. The van der Waals surface area contributed by atoms with E-state index in [4.69, 9.17) is 5.73 Å². The summed E-state index contributed by atoms with van der Waals surface area (Å²) in [5, 5.41) is 5.72. The van der Waals surface area contributed by atoms with Crippen LogP contribution in [-0.4, -0.2) is 41.8 Å². The van der Waals surface area contributed by atoms with Gasteiger partial charge in [-0.25, -0.2) is 0 Å². The molecule has 0 spiro atoms. The summed E-state index contributed by atoms with van der Waals surface area (Å²) in [7, 11) is 0. The third-order valence-corrected chi connectivity index (χ3v) is 6.33. The van der Waals surface area contributed by atoms with Crippen LogP contribution in [-0.2, 0) is 22.6 Å². The number of hydrogen-bond donors (Lipinski definition) is 3. The van der Waals surface area contributed by atoms with Crippen molar-refractivity contribution in [2.75, 3.05) is 18.4 Å². The lowest BCUT2D eigenvalue weighted by atomic mass is 10.0. The van der Waals surface area contributed by atoms with Gasteiger partial charge in [-0.3, -0.25) is 14.4 Å². The monoisotopic (exact) mass is 484 g/mol. The molecule has 3 aromatic carbocycles. The summed E-state index contributed by atoms with van der Waals surface area (Å²) in [6.07, 6.45) is 2.91. The summed E-state index contributed by atoms with van der Waals surface area (Å²) < 4.78 is 0. The Hall–Kier alpha value is -3.97. The number of nitrogens with two attached hydrogens (primary N) is 1. The third kappa shape index (κ3) is 6.79. The summed E-state index contributed by atoms with van der Waals surface area (Å²) >= 11 is 0. The number of likely N-dealkylation sites (tertiary alicyclic amines) is 1. The van der Waals surface area contributed by atoms with Crippen molar-refractivity contribution < 1.29 is 14.4 Å². The van der Waals surface area contributed by atoms with Crippen LogP contribution in [0.15, 0.2) is 78.9 Å². The molecular formula is C29H32N4O3. The first-order valence-electron chi connectivity index (χ1n) is 12.3. The Morgan fingerprint density at radius 1 is 0.889 bits per heavy atom. The topological polar surface area (TPSA) is 105 Å². The molecule has 3 amide bonds. The second-order valence-corrected chi connectivity index (χ2v) is 9.09. The Morgan fingerprint density at radius 3 is 2.36 bits per heavy atom. The lowest BCUT2D eigenvalue weighted by molar-refractivity contribution is -0.135. The van der Waals surface area contributed by atoms with Gasteiger partial charge in [0.1, 0.15) is 6.04 Å². The average Bonchev–Trinajstić information content (AvgIpc) is 3.06. The van der Waals surface area contributed by atoms with Crippen molar-refractivity contribution in [3.63, 3.8) is 0 Å². The molecule has 7 nitrogen and oxygen atoms in total. The molecular weight excluding hydrogens is 452 g/mol. The maximum absolute atomic E-state index is 13.2. The highest BCUT2D eigenvalue weighted by Crippen LogP contribution is 2.16. The van der Waals surface area contributed by atoms with Crippen LogP contribution in [0.2, 0.25) is 0 Å². The van der Waals surface area contributed by atoms with Crippen LogP contribution in [0.3, 0.4) is 0 Å². The normalized spacial score (nSPS) is 15.8. The molecule has 0 radical (unpaired) electrons. The van der Waals surface area contributed by atoms with Crippen LogP contribution in [0, 0.1) is 0 Å². The van der Waals surface area contributed by atoms with E-state index in [1.807, 2.05) is 48.5 Å². The Labute approximate surface area is 211 Å². The van der Waals surface area contributed by atoms with Gasteiger partial charge in [0, 0.05) is 24.3 Å². The van der Waals surface area contributed by atoms with Gasteiger partial charge in [0.15, 0.2) is 0 Å². The number of carbonyl (C=O) groups is 3. The lowest BCUT2D eigenvalue weighted by Gasteiger charge is -2.24. The summed E-state index contributed by atoms with van der Waals surface area (Å²) in [5.41, 5.74) is 10.0. The van der Waals surface area contributed by atoms with E-state index in [0.29, 0.717) is 30.8 Å². The Balaban J connectivity index is 1.34. The highest BCUT2D eigenvalue weighted by molar-refractivity contribution is 5.99. The van der Waals surface area contributed by atoms with Gasteiger partial charge < -0.3 is 21.3 Å². The van der Waals surface area contributed by atoms with Gasteiger partial charge in [-0.05, 0) is 66.6 Å². The number of nitrogens with zero attached hydrogens (tertiary/aromatic N) is 1. The van der Waals surface area contributed by atoms with Crippen molar-refractivity contribution in [1.82, 2.24) is 10.2 Å². The van der Waals surface area contributed by atoms with Crippen molar-refractivity contribution in [3.8, 4) is 0 Å². The van der Waals surface area contributed by atoms with Crippen molar-refractivity contribution in [1.29, 1.82) is 0 Å². The molecule has 1 aliphatic heterocycles. The minimum Gasteiger partial charge on any atom is -0.340 e. The van der Waals surface area contributed by atoms with E-state index < -0.39 is 6.04 Å². The number of rotatable bonds is 8. The molecule has 0 aliphatic carbocycles. The molecule has 1 aliphatic rings. The Morgan fingerprint density at radius 2 is 1.61 bits per heavy atom. The van der Waals surface area contributed by atoms with Crippen molar-refractivity contribution in [3.05, 3.63) is 101 Å². The second kappa shape index (κ2) is 12.1. The van der Waals surface area contributed by atoms with Gasteiger partial charge in [0.05, 0.1) is 6.54 Å². The van der Waals surface area contributed by atoms with E-state index in [1.165, 1.54) is 10.5 Å². The molecule has 186 valence electrons. The molecule has 1 saturated heterocycles. The zero-order chi connectivity index (χ0) is 25.3. The van der Waals surface area contributed by atoms with E-state index in [2.05, 4.69) is 22.8 Å². The second-order valence-electron chi connectivity index (χ2n) is 9.09. The Kier molecular flexibility index (Phi) is 8.47. The lowest BCUT2D eigenvalue weighted by Crippen LogP contribution is -2.49. The number of carbonyl (C=O) groups excluding carboxylic acids is 3. The Bertz CT molecular complexity index is 1190. The van der Waals surface area contributed by atoms with E-state index >= 15 is 0 Å². The number of anilines is 1. The van der Waals surface area contributed by atoms with E-state index in [0.717, 1.165) is 30.4 Å². The zero-order valence-electron chi connectivity index (χ0n) is 20.3. The van der Waals surface area contributed by atoms with Crippen LogP contribution in [0.5, 0.6) is 0 Å². The molecule has 1 heterocycles. The first-order chi connectivity index (χ1) is 17.5. The molecule has 0 bridgehead atoms. The van der Waals surface area contributed by atoms with Gasteiger partial charge >= 0.3 is 0 Å². The van der Waals surface area contributed by atoms with Crippen molar-refractivity contribution in [2.24, 2.45) is 5.73 Å². The largest absolute Gasteiger partial charge is 0.340 e. The molecule has 0 saturated carbocycles.